The summed E-state index contributed by atoms with van der Waals surface area (Å²) in [6, 6.07) is 4.92. The minimum atomic E-state index is -4.08. The van der Waals surface area contributed by atoms with Gasteiger partial charge in [-0.1, -0.05) is 12.1 Å². The van der Waals surface area contributed by atoms with Gasteiger partial charge < -0.3 is 5.11 Å². The summed E-state index contributed by atoms with van der Waals surface area (Å²) in [6.07, 6.45) is -0.379. The molecule has 1 aromatic carbocycles. The summed E-state index contributed by atoms with van der Waals surface area (Å²) >= 11 is 0. The van der Waals surface area contributed by atoms with Gasteiger partial charge in [0.2, 0.25) is 10.0 Å². The highest BCUT2D eigenvalue weighted by molar-refractivity contribution is 7.89. The second-order valence-electron chi connectivity index (χ2n) is 3.70. The second-order valence-corrected chi connectivity index (χ2v) is 5.71. The summed E-state index contributed by atoms with van der Waals surface area (Å²) in [5.41, 5.74) is -0.537. The number of benzene rings is 1. The molecule has 0 unspecified atom stereocenters. The summed E-state index contributed by atoms with van der Waals surface area (Å²) in [5.74, 6) is -1.15. The van der Waals surface area contributed by atoms with Crippen LogP contribution < -0.4 is 0 Å². The second kappa shape index (κ2) is 5.76. The number of carboxylic acids is 1. The molecule has 0 aliphatic carbocycles. The van der Waals surface area contributed by atoms with E-state index in [1.165, 1.54) is 19.2 Å². The lowest BCUT2D eigenvalue weighted by atomic mass is 10.3. The molecule has 1 aromatic rings. The molecule has 19 heavy (non-hydrogen) atoms. The van der Waals surface area contributed by atoms with Crippen LogP contribution in [0.15, 0.2) is 29.2 Å². The normalized spacial score (nSPS) is 11.5. The van der Waals surface area contributed by atoms with Crippen LogP contribution in [0.5, 0.6) is 0 Å². The maximum absolute atomic E-state index is 12.1. The van der Waals surface area contributed by atoms with Crippen LogP contribution in [-0.2, 0) is 14.8 Å². The van der Waals surface area contributed by atoms with Crippen LogP contribution in [0.25, 0.3) is 0 Å². The molecule has 0 saturated heterocycles. The Kier molecular flexibility index (Phi) is 4.57. The predicted molar refractivity (Wildman–Crippen MR) is 65.2 cm³/mol. The quantitative estimate of drug-likeness (QED) is 0.607. The number of carbonyl (C=O) groups is 1. The van der Waals surface area contributed by atoms with Crippen LogP contribution in [0.4, 0.5) is 5.69 Å². The number of nitro benzene ring substituents is 1. The molecular formula is C10H12N2O6S. The summed E-state index contributed by atoms with van der Waals surface area (Å²) in [5, 5.41) is 19.3. The van der Waals surface area contributed by atoms with E-state index in [2.05, 4.69) is 0 Å². The van der Waals surface area contributed by atoms with Gasteiger partial charge in [-0.15, -0.1) is 0 Å². The number of para-hydroxylation sites is 1. The molecule has 0 bridgehead atoms. The third-order valence-corrected chi connectivity index (χ3v) is 4.29. The summed E-state index contributed by atoms with van der Waals surface area (Å²) in [7, 11) is -2.91. The van der Waals surface area contributed by atoms with E-state index in [0.29, 0.717) is 0 Å². The van der Waals surface area contributed by atoms with Crippen molar-refractivity contribution < 1.29 is 23.2 Å². The standard InChI is InChI=1S/C10H12N2O6S/c1-11(7-6-10(13)14)19(17,18)9-5-3-2-4-8(9)12(15)16/h2-5H,6-7H2,1H3,(H,13,14). The van der Waals surface area contributed by atoms with Crippen LogP contribution in [0.3, 0.4) is 0 Å². The number of nitrogens with zero attached hydrogens (tertiary/aromatic N) is 2. The molecule has 0 aliphatic rings. The fourth-order valence-electron chi connectivity index (χ4n) is 1.37. The van der Waals surface area contributed by atoms with E-state index in [9.17, 15) is 23.3 Å². The van der Waals surface area contributed by atoms with Crippen LogP contribution in [0.1, 0.15) is 6.42 Å². The predicted octanol–water partition coefficient (Wildman–Crippen LogP) is 0.690. The van der Waals surface area contributed by atoms with Gasteiger partial charge in [0.1, 0.15) is 0 Å². The number of hydrogen-bond acceptors (Lipinski definition) is 5. The number of sulfonamides is 1. The fraction of sp³-hybridized carbons (Fsp3) is 0.300. The van der Waals surface area contributed by atoms with Crippen LogP contribution >= 0.6 is 0 Å². The van der Waals surface area contributed by atoms with Crippen LogP contribution in [0, 0.1) is 10.1 Å². The Balaban J connectivity index is 3.13. The molecule has 0 atom stereocenters. The molecule has 0 heterocycles. The first-order chi connectivity index (χ1) is 8.76. The molecule has 0 saturated carbocycles. The minimum Gasteiger partial charge on any atom is -0.481 e. The average Bonchev–Trinajstić information content (AvgIpc) is 2.35. The van der Waals surface area contributed by atoms with Crippen molar-refractivity contribution in [2.75, 3.05) is 13.6 Å². The first-order valence-corrected chi connectivity index (χ1v) is 6.62. The summed E-state index contributed by atoms with van der Waals surface area (Å²) in [6.45, 7) is -0.260. The molecule has 0 amide bonds. The molecule has 9 heteroatoms. The molecule has 1 N–H and O–H groups in total. The minimum absolute atomic E-state index is 0.260. The number of aliphatic carboxylic acids is 1. The zero-order valence-corrected chi connectivity index (χ0v) is 10.8. The van der Waals surface area contributed by atoms with E-state index in [1.54, 1.807) is 0 Å². The smallest absolute Gasteiger partial charge is 0.304 e. The van der Waals surface area contributed by atoms with Gasteiger partial charge in [0.05, 0.1) is 11.3 Å². The van der Waals surface area contributed by atoms with Crippen molar-refractivity contribution in [1.82, 2.24) is 4.31 Å². The van der Waals surface area contributed by atoms with Crippen LogP contribution in [0.2, 0.25) is 0 Å². The van der Waals surface area contributed by atoms with Gasteiger partial charge in [-0.25, -0.2) is 12.7 Å². The maximum Gasteiger partial charge on any atom is 0.304 e. The van der Waals surface area contributed by atoms with E-state index in [0.717, 1.165) is 16.4 Å². The zero-order valence-electron chi connectivity index (χ0n) is 10.0. The third kappa shape index (κ3) is 3.48. The van der Waals surface area contributed by atoms with Crippen molar-refractivity contribution >= 4 is 21.7 Å². The SMILES string of the molecule is CN(CCC(=O)O)S(=O)(=O)c1ccccc1[N+](=O)[O-]. The number of rotatable bonds is 6. The topological polar surface area (TPSA) is 118 Å². The number of hydrogen-bond donors (Lipinski definition) is 1. The Hall–Kier alpha value is -2.00. The van der Waals surface area contributed by atoms with E-state index in [1.807, 2.05) is 0 Å². The first kappa shape index (κ1) is 15.1. The molecule has 1 rings (SSSR count). The third-order valence-electron chi connectivity index (χ3n) is 2.39. The monoisotopic (exact) mass is 288 g/mol. The largest absolute Gasteiger partial charge is 0.481 e. The highest BCUT2D eigenvalue weighted by Crippen LogP contribution is 2.25. The molecule has 0 spiro atoms. The highest BCUT2D eigenvalue weighted by Gasteiger charge is 2.29. The van der Waals surface area contributed by atoms with E-state index >= 15 is 0 Å². The van der Waals surface area contributed by atoms with Crippen molar-refractivity contribution in [2.45, 2.75) is 11.3 Å². The Morgan fingerprint density at radius 3 is 2.53 bits per heavy atom. The Morgan fingerprint density at radius 1 is 1.42 bits per heavy atom. The lowest BCUT2D eigenvalue weighted by molar-refractivity contribution is -0.387. The lowest BCUT2D eigenvalue weighted by Gasteiger charge is -2.15. The molecule has 0 aromatic heterocycles. The Morgan fingerprint density at radius 2 is 2.00 bits per heavy atom. The molecule has 0 fully saturated rings. The van der Waals surface area contributed by atoms with Gasteiger partial charge in [0, 0.05) is 19.7 Å². The van der Waals surface area contributed by atoms with Gasteiger partial charge in [-0.3, -0.25) is 14.9 Å². The highest BCUT2D eigenvalue weighted by atomic mass is 32.2. The van der Waals surface area contributed by atoms with E-state index in [-0.39, 0.29) is 13.0 Å². The lowest BCUT2D eigenvalue weighted by Crippen LogP contribution is -2.29. The van der Waals surface area contributed by atoms with Gasteiger partial charge in [-0.05, 0) is 6.07 Å². The van der Waals surface area contributed by atoms with Crippen molar-refractivity contribution in [1.29, 1.82) is 0 Å². The molecule has 0 radical (unpaired) electrons. The van der Waals surface area contributed by atoms with Gasteiger partial charge in [0.15, 0.2) is 4.90 Å². The molecule has 8 nitrogen and oxygen atoms in total. The number of carboxylic acid groups (broad SMARTS) is 1. The van der Waals surface area contributed by atoms with Crippen molar-refractivity contribution in [3.05, 3.63) is 34.4 Å². The zero-order chi connectivity index (χ0) is 14.6. The average molecular weight is 288 g/mol. The van der Waals surface area contributed by atoms with Crippen molar-refractivity contribution in [3.8, 4) is 0 Å². The summed E-state index contributed by atoms with van der Waals surface area (Å²) < 4.78 is 25.0. The Bertz CT molecular complexity index is 598. The van der Waals surface area contributed by atoms with Crippen molar-refractivity contribution in [2.24, 2.45) is 0 Å². The molecular weight excluding hydrogens is 276 g/mol. The molecule has 104 valence electrons. The van der Waals surface area contributed by atoms with Crippen molar-refractivity contribution in [3.63, 3.8) is 0 Å². The van der Waals surface area contributed by atoms with E-state index in [4.69, 9.17) is 5.11 Å². The van der Waals surface area contributed by atoms with Gasteiger partial charge in [-0.2, -0.15) is 0 Å². The summed E-state index contributed by atoms with van der Waals surface area (Å²) in [4.78, 5) is 20.0. The Labute approximate surface area is 109 Å². The molecule has 0 aliphatic heterocycles. The van der Waals surface area contributed by atoms with Crippen LogP contribution in [-0.4, -0.2) is 42.3 Å². The number of nitro groups is 1. The maximum atomic E-state index is 12.1. The van der Waals surface area contributed by atoms with E-state index < -0.39 is 31.5 Å². The first-order valence-electron chi connectivity index (χ1n) is 5.18. The fourth-order valence-corrected chi connectivity index (χ4v) is 2.69. The van der Waals surface area contributed by atoms with Gasteiger partial charge >= 0.3 is 5.97 Å². The van der Waals surface area contributed by atoms with Gasteiger partial charge in [0.25, 0.3) is 5.69 Å².